The van der Waals surface area contributed by atoms with E-state index in [4.69, 9.17) is 0 Å². The van der Waals surface area contributed by atoms with E-state index in [0.717, 1.165) is 15.6 Å². The average molecular weight is 488 g/mol. The van der Waals surface area contributed by atoms with E-state index in [0.29, 0.717) is 5.56 Å². The van der Waals surface area contributed by atoms with E-state index in [1.165, 1.54) is 21.9 Å². The molecule has 0 atom stereocenters. The van der Waals surface area contributed by atoms with Crippen LogP contribution in [0, 0.1) is 12.1 Å². The van der Waals surface area contributed by atoms with Crippen LogP contribution >= 0.6 is 15.9 Å². The summed E-state index contributed by atoms with van der Waals surface area (Å²) in [6, 6.07) is 20.4. The van der Waals surface area contributed by atoms with Gasteiger partial charge in [0.2, 0.25) is 15.9 Å². The number of rotatable bonds is 7. The lowest BCUT2D eigenvalue weighted by Crippen LogP contribution is -2.30. The molecule has 1 N–H and O–H groups in total. The SMILES string of the molecule is Cc1ccccc1CN(Cc1ccc(C(=O)N[O-])cc1)S(=O)(=O)c1ccc(Br)cc1. The van der Waals surface area contributed by atoms with Crippen molar-refractivity contribution in [2.75, 3.05) is 0 Å². The molecule has 8 heteroatoms. The van der Waals surface area contributed by atoms with Crippen LogP contribution in [0.1, 0.15) is 27.0 Å². The van der Waals surface area contributed by atoms with Gasteiger partial charge in [-0.15, -0.1) is 0 Å². The van der Waals surface area contributed by atoms with Crippen LogP contribution < -0.4 is 5.48 Å². The maximum absolute atomic E-state index is 13.4. The first-order chi connectivity index (χ1) is 14.3. The molecule has 6 nitrogen and oxygen atoms in total. The molecular weight excluding hydrogens is 468 g/mol. The van der Waals surface area contributed by atoms with Gasteiger partial charge in [-0.25, -0.2) is 8.42 Å². The monoisotopic (exact) mass is 487 g/mol. The van der Waals surface area contributed by atoms with E-state index in [2.05, 4.69) is 15.9 Å². The van der Waals surface area contributed by atoms with E-state index >= 15 is 0 Å². The third-order valence-electron chi connectivity index (χ3n) is 4.73. The molecule has 1 amide bonds. The van der Waals surface area contributed by atoms with Crippen LogP contribution in [0.15, 0.2) is 82.2 Å². The van der Waals surface area contributed by atoms with Crippen LogP contribution in [0.3, 0.4) is 0 Å². The number of nitrogens with zero attached hydrogens (tertiary/aromatic N) is 1. The molecule has 0 saturated heterocycles. The number of carbonyl (C=O) groups excluding carboxylic acids is 1. The fourth-order valence-corrected chi connectivity index (χ4v) is 4.65. The highest BCUT2D eigenvalue weighted by Crippen LogP contribution is 2.24. The number of amides is 1. The topological polar surface area (TPSA) is 89.5 Å². The fourth-order valence-electron chi connectivity index (χ4n) is 2.98. The number of nitrogens with one attached hydrogen (secondary N) is 1. The molecule has 0 spiro atoms. The smallest absolute Gasteiger partial charge is 0.243 e. The molecular formula is C22H20BrN2O4S-. The number of halogens is 1. The minimum Gasteiger partial charge on any atom is -0.759 e. The van der Waals surface area contributed by atoms with Crippen molar-refractivity contribution in [2.45, 2.75) is 24.9 Å². The van der Waals surface area contributed by atoms with Gasteiger partial charge >= 0.3 is 0 Å². The molecule has 0 heterocycles. The minimum atomic E-state index is -3.78. The summed E-state index contributed by atoms with van der Waals surface area (Å²) in [4.78, 5) is 11.7. The van der Waals surface area contributed by atoms with Crippen LogP contribution in [0.5, 0.6) is 0 Å². The van der Waals surface area contributed by atoms with Crippen molar-refractivity contribution in [3.05, 3.63) is 105 Å². The zero-order chi connectivity index (χ0) is 21.7. The molecule has 0 aliphatic rings. The second-order valence-electron chi connectivity index (χ2n) is 6.78. The third kappa shape index (κ3) is 5.14. The van der Waals surface area contributed by atoms with Crippen molar-refractivity contribution >= 4 is 31.9 Å². The molecule has 0 fully saturated rings. The maximum atomic E-state index is 13.4. The summed E-state index contributed by atoms with van der Waals surface area (Å²) in [5.74, 6) is -0.735. The molecule has 3 aromatic carbocycles. The second-order valence-corrected chi connectivity index (χ2v) is 9.64. The number of hydrogen-bond donors (Lipinski definition) is 1. The normalized spacial score (nSPS) is 11.5. The number of aryl methyl sites for hydroxylation is 1. The summed E-state index contributed by atoms with van der Waals surface area (Å²) in [6.45, 7) is 2.26. The predicted molar refractivity (Wildman–Crippen MR) is 119 cm³/mol. The Labute approximate surface area is 184 Å². The summed E-state index contributed by atoms with van der Waals surface area (Å²) in [7, 11) is -3.78. The van der Waals surface area contributed by atoms with Gasteiger partial charge in [-0.2, -0.15) is 4.31 Å². The van der Waals surface area contributed by atoms with Gasteiger partial charge < -0.3 is 10.7 Å². The maximum Gasteiger partial charge on any atom is 0.243 e. The zero-order valence-electron chi connectivity index (χ0n) is 16.2. The first-order valence-corrected chi connectivity index (χ1v) is 11.4. The number of benzene rings is 3. The Morgan fingerprint density at radius 1 is 0.967 bits per heavy atom. The molecule has 3 rings (SSSR count). The van der Waals surface area contributed by atoms with Gasteiger partial charge in [0.05, 0.1) is 4.90 Å². The van der Waals surface area contributed by atoms with Crippen LogP contribution in [0.4, 0.5) is 0 Å². The first-order valence-electron chi connectivity index (χ1n) is 9.13. The lowest BCUT2D eigenvalue weighted by molar-refractivity contribution is 0.0970. The quantitative estimate of drug-likeness (QED) is 0.500. The number of hydrogen-bond acceptors (Lipinski definition) is 4. The molecule has 0 radical (unpaired) electrons. The zero-order valence-corrected chi connectivity index (χ0v) is 18.6. The second kappa shape index (κ2) is 9.53. The Morgan fingerprint density at radius 3 is 2.20 bits per heavy atom. The van der Waals surface area contributed by atoms with Crippen LogP contribution in [0.2, 0.25) is 0 Å². The lowest BCUT2D eigenvalue weighted by atomic mass is 10.1. The van der Waals surface area contributed by atoms with Crippen molar-refractivity contribution in [1.29, 1.82) is 0 Å². The largest absolute Gasteiger partial charge is 0.759 e. The van der Waals surface area contributed by atoms with Gasteiger partial charge in [0.15, 0.2) is 0 Å². The predicted octanol–water partition coefficient (Wildman–Crippen LogP) is 4.38. The van der Waals surface area contributed by atoms with Crippen molar-refractivity contribution < 1.29 is 13.2 Å². The van der Waals surface area contributed by atoms with Gasteiger partial charge in [0, 0.05) is 23.1 Å². The number of carbonyl (C=O) groups is 1. The van der Waals surface area contributed by atoms with E-state index < -0.39 is 15.9 Å². The van der Waals surface area contributed by atoms with E-state index in [1.54, 1.807) is 36.4 Å². The summed E-state index contributed by atoms with van der Waals surface area (Å²) >= 11 is 3.33. The summed E-state index contributed by atoms with van der Waals surface area (Å²) < 4.78 is 29.0. The lowest BCUT2D eigenvalue weighted by Gasteiger charge is -2.23. The van der Waals surface area contributed by atoms with Crippen molar-refractivity contribution in [3.8, 4) is 0 Å². The van der Waals surface area contributed by atoms with Gasteiger partial charge in [-0.1, -0.05) is 52.3 Å². The molecule has 3 aromatic rings. The van der Waals surface area contributed by atoms with Crippen LogP contribution in [-0.4, -0.2) is 18.6 Å². The van der Waals surface area contributed by atoms with E-state index in [9.17, 15) is 18.4 Å². The van der Waals surface area contributed by atoms with Gasteiger partial charge in [-0.05, 0) is 60.0 Å². The van der Waals surface area contributed by atoms with Crippen molar-refractivity contribution in [3.63, 3.8) is 0 Å². The Kier molecular flexibility index (Phi) is 7.04. The minimum absolute atomic E-state index is 0.117. The molecule has 0 aliphatic carbocycles. The molecule has 0 bridgehead atoms. The Morgan fingerprint density at radius 2 is 1.60 bits per heavy atom. The first kappa shape index (κ1) is 22.2. The molecule has 0 aliphatic heterocycles. The Balaban J connectivity index is 1.96. The van der Waals surface area contributed by atoms with Crippen LogP contribution in [-0.2, 0) is 23.1 Å². The van der Waals surface area contributed by atoms with E-state index in [1.807, 2.05) is 31.2 Å². The highest BCUT2D eigenvalue weighted by atomic mass is 79.9. The molecule has 0 unspecified atom stereocenters. The third-order valence-corrected chi connectivity index (χ3v) is 7.06. The van der Waals surface area contributed by atoms with E-state index in [-0.39, 0.29) is 23.5 Å². The Bertz CT molecular complexity index is 1130. The molecule has 0 aromatic heterocycles. The van der Waals surface area contributed by atoms with Gasteiger partial charge in [0.25, 0.3) is 0 Å². The standard InChI is InChI=1S/C22H20BrN2O4S/c1-16-4-2-3-5-19(16)15-25(30(28,29)21-12-10-20(23)11-13-21)14-17-6-8-18(9-7-17)22(26)24-27/h2-13H,14-15H2,1H3,(H-,24,26,27)/q-1. The van der Waals surface area contributed by atoms with Crippen LogP contribution in [0.25, 0.3) is 0 Å². The van der Waals surface area contributed by atoms with Gasteiger partial charge in [0.1, 0.15) is 0 Å². The highest BCUT2D eigenvalue weighted by molar-refractivity contribution is 9.10. The highest BCUT2D eigenvalue weighted by Gasteiger charge is 2.25. The van der Waals surface area contributed by atoms with Gasteiger partial charge in [-0.3, -0.25) is 4.79 Å². The average Bonchev–Trinajstić information content (AvgIpc) is 2.75. The number of sulfonamides is 1. The summed E-state index contributed by atoms with van der Waals surface area (Å²) in [6.07, 6.45) is 0. The molecule has 156 valence electrons. The van der Waals surface area contributed by atoms with Crippen molar-refractivity contribution in [1.82, 2.24) is 9.79 Å². The number of hydroxylamine groups is 1. The van der Waals surface area contributed by atoms with Crippen molar-refractivity contribution in [2.24, 2.45) is 0 Å². The Hall–Kier alpha value is -2.52. The molecule has 30 heavy (non-hydrogen) atoms. The summed E-state index contributed by atoms with van der Waals surface area (Å²) in [5, 5.41) is 10.5. The summed E-state index contributed by atoms with van der Waals surface area (Å²) in [5.41, 5.74) is 4.15. The fraction of sp³-hybridized carbons (Fsp3) is 0.136. The molecule has 0 saturated carbocycles.